The molecule has 0 aliphatic rings. The first-order valence-electron chi connectivity index (χ1n) is 6.96. The molecule has 0 aliphatic carbocycles. The smallest absolute Gasteiger partial charge is 0.343 e. The van der Waals surface area contributed by atoms with E-state index >= 15 is 0 Å². The van der Waals surface area contributed by atoms with Crippen LogP contribution in [0.5, 0.6) is 23.0 Å². The molecule has 0 heterocycles. The molecule has 0 aromatic heterocycles. The zero-order chi connectivity index (χ0) is 16.8. The van der Waals surface area contributed by atoms with Crippen LogP contribution in [0.4, 0.5) is 0 Å². The molecule has 2 aromatic carbocycles. The lowest BCUT2D eigenvalue weighted by atomic mass is 10.2. The predicted molar refractivity (Wildman–Crippen MR) is 87.1 cm³/mol. The summed E-state index contributed by atoms with van der Waals surface area (Å²) in [6.45, 7) is 2.32. The number of hydrogen-bond donors (Lipinski definition) is 0. The number of para-hydroxylation sites is 2. The lowest BCUT2D eigenvalue weighted by Gasteiger charge is -2.13. The van der Waals surface area contributed by atoms with E-state index in [-0.39, 0.29) is 10.6 Å². The molecule has 0 N–H and O–H groups in total. The molecule has 23 heavy (non-hydrogen) atoms. The molecule has 2 rings (SSSR count). The zero-order valence-corrected chi connectivity index (χ0v) is 13.8. The largest absolute Gasteiger partial charge is 0.493 e. The summed E-state index contributed by atoms with van der Waals surface area (Å²) in [7, 11) is 2.94. The maximum absolute atomic E-state index is 12.4. The second-order valence-corrected chi connectivity index (χ2v) is 4.87. The summed E-state index contributed by atoms with van der Waals surface area (Å²) in [5.41, 5.74) is 0.249. The first-order chi connectivity index (χ1) is 11.1. The van der Waals surface area contributed by atoms with Crippen molar-refractivity contribution in [2.24, 2.45) is 0 Å². The number of halogens is 1. The van der Waals surface area contributed by atoms with Gasteiger partial charge >= 0.3 is 5.97 Å². The Kier molecular flexibility index (Phi) is 5.71. The third kappa shape index (κ3) is 3.87. The Morgan fingerprint density at radius 2 is 1.74 bits per heavy atom. The van der Waals surface area contributed by atoms with E-state index in [2.05, 4.69) is 0 Å². The van der Waals surface area contributed by atoms with Crippen molar-refractivity contribution in [2.75, 3.05) is 20.8 Å². The summed E-state index contributed by atoms with van der Waals surface area (Å²) in [6.07, 6.45) is 0. The molecule has 122 valence electrons. The molecule has 0 radical (unpaired) electrons. The molecule has 0 atom stereocenters. The van der Waals surface area contributed by atoms with E-state index < -0.39 is 5.97 Å². The van der Waals surface area contributed by atoms with Gasteiger partial charge in [0.2, 0.25) is 0 Å². The highest BCUT2D eigenvalue weighted by Crippen LogP contribution is 2.36. The molecule has 0 saturated carbocycles. The Bertz CT molecular complexity index is 699. The van der Waals surface area contributed by atoms with E-state index in [0.29, 0.717) is 29.6 Å². The third-order valence-electron chi connectivity index (χ3n) is 3.02. The Morgan fingerprint density at radius 3 is 2.35 bits per heavy atom. The molecule has 0 spiro atoms. The molecule has 5 nitrogen and oxygen atoms in total. The fraction of sp³-hybridized carbons (Fsp3) is 0.235. The minimum Gasteiger partial charge on any atom is -0.493 e. The summed E-state index contributed by atoms with van der Waals surface area (Å²) in [6, 6.07) is 9.92. The number of ether oxygens (including phenoxy) is 4. The fourth-order valence-electron chi connectivity index (χ4n) is 2.00. The van der Waals surface area contributed by atoms with Gasteiger partial charge in [-0.25, -0.2) is 4.79 Å². The highest BCUT2D eigenvalue weighted by molar-refractivity contribution is 6.32. The molecule has 6 heteroatoms. The Balaban J connectivity index is 2.30. The van der Waals surface area contributed by atoms with Crippen molar-refractivity contribution >= 4 is 17.6 Å². The highest BCUT2D eigenvalue weighted by Gasteiger charge is 2.18. The van der Waals surface area contributed by atoms with E-state index in [9.17, 15) is 4.79 Å². The van der Waals surface area contributed by atoms with Crippen LogP contribution in [-0.4, -0.2) is 26.8 Å². The van der Waals surface area contributed by atoms with Crippen molar-refractivity contribution in [1.82, 2.24) is 0 Å². The van der Waals surface area contributed by atoms with Gasteiger partial charge < -0.3 is 18.9 Å². The number of hydrogen-bond acceptors (Lipinski definition) is 5. The second kappa shape index (κ2) is 7.74. The maximum Gasteiger partial charge on any atom is 0.343 e. The van der Waals surface area contributed by atoms with E-state index in [1.54, 1.807) is 24.3 Å². The van der Waals surface area contributed by atoms with E-state index in [1.165, 1.54) is 26.4 Å². The van der Waals surface area contributed by atoms with Crippen molar-refractivity contribution < 1.29 is 23.7 Å². The van der Waals surface area contributed by atoms with Crippen LogP contribution in [0.2, 0.25) is 5.02 Å². The number of carbonyl (C=O) groups is 1. The van der Waals surface area contributed by atoms with Crippen LogP contribution < -0.4 is 18.9 Å². The van der Waals surface area contributed by atoms with Crippen molar-refractivity contribution in [3.05, 3.63) is 47.0 Å². The summed E-state index contributed by atoms with van der Waals surface area (Å²) >= 11 is 6.10. The first-order valence-corrected chi connectivity index (χ1v) is 7.34. The molecular weight excluding hydrogens is 320 g/mol. The van der Waals surface area contributed by atoms with Gasteiger partial charge in [-0.1, -0.05) is 23.7 Å². The topological polar surface area (TPSA) is 54.0 Å². The second-order valence-electron chi connectivity index (χ2n) is 4.46. The number of methoxy groups -OCH3 is 2. The average molecular weight is 337 g/mol. The number of benzene rings is 2. The van der Waals surface area contributed by atoms with E-state index in [4.69, 9.17) is 30.5 Å². The average Bonchev–Trinajstić information content (AvgIpc) is 2.56. The monoisotopic (exact) mass is 336 g/mol. The molecule has 2 aromatic rings. The molecule has 0 unspecified atom stereocenters. The van der Waals surface area contributed by atoms with Gasteiger partial charge in [-0.15, -0.1) is 0 Å². The van der Waals surface area contributed by atoms with Gasteiger partial charge in [0.25, 0.3) is 0 Å². The Hall–Kier alpha value is -2.40. The van der Waals surface area contributed by atoms with Gasteiger partial charge in [-0.3, -0.25) is 0 Å². The number of carbonyl (C=O) groups excluding carboxylic acids is 1. The Morgan fingerprint density at radius 1 is 1.04 bits per heavy atom. The molecule has 0 aliphatic heterocycles. The quantitative estimate of drug-likeness (QED) is 0.590. The predicted octanol–water partition coefficient (Wildman–Crippen LogP) is 3.98. The standard InChI is InChI=1S/C17H17ClO5/c1-4-22-13-7-5-6-8-14(13)23-17(19)11-9-12(18)16(21-3)15(10-11)20-2/h5-10H,4H2,1-3H3. The van der Waals surface area contributed by atoms with Crippen LogP contribution in [0.15, 0.2) is 36.4 Å². The summed E-state index contributed by atoms with van der Waals surface area (Å²) in [5, 5.41) is 0.261. The lowest BCUT2D eigenvalue weighted by molar-refractivity contribution is 0.0728. The molecule has 0 saturated heterocycles. The molecule has 0 fully saturated rings. The molecule has 0 amide bonds. The van der Waals surface area contributed by atoms with Crippen molar-refractivity contribution in [1.29, 1.82) is 0 Å². The summed E-state index contributed by atoms with van der Waals surface area (Å²) in [5.74, 6) is 0.977. The molecule has 0 bridgehead atoms. The minimum atomic E-state index is -0.569. The van der Waals surface area contributed by atoms with Crippen LogP contribution in [-0.2, 0) is 0 Å². The van der Waals surface area contributed by atoms with E-state index in [1.807, 2.05) is 6.92 Å². The van der Waals surface area contributed by atoms with Gasteiger partial charge in [0.05, 0.1) is 31.4 Å². The number of rotatable bonds is 6. The van der Waals surface area contributed by atoms with Crippen LogP contribution >= 0.6 is 11.6 Å². The van der Waals surface area contributed by atoms with Crippen LogP contribution in [0.25, 0.3) is 0 Å². The highest BCUT2D eigenvalue weighted by atomic mass is 35.5. The molecular formula is C17H17ClO5. The zero-order valence-electron chi connectivity index (χ0n) is 13.1. The van der Waals surface area contributed by atoms with Gasteiger partial charge in [-0.2, -0.15) is 0 Å². The van der Waals surface area contributed by atoms with Gasteiger partial charge in [0.1, 0.15) is 0 Å². The van der Waals surface area contributed by atoms with E-state index in [0.717, 1.165) is 0 Å². The van der Waals surface area contributed by atoms with Gasteiger partial charge in [0, 0.05) is 0 Å². The number of esters is 1. The first kappa shape index (κ1) is 17.0. The third-order valence-corrected chi connectivity index (χ3v) is 3.30. The lowest BCUT2D eigenvalue weighted by Crippen LogP contribution is -2.10. The van der Waals surface area contributed by atoms with Gasteiger partial charge in [0.15, 0.2) is 23.0 Å². The minimum absolute atomic E-state index is 0.249. The summed E-state index contributed by atoms with van der Waals surface area (Å²) in [4.78, 5) is 12.4. The summed E-state index contributed by atoms with van der Waals surface area (Å²) < 4.78 is 21.1. The van der Waals surface area contributed by atoms with Gasteiger partial charge in [-0.05, 0) is 31.2 Å². The van der Waals surface area contributed by atoms with Crippen LogP contribution in [0, 0.1) is 0 Å². The normalized spacial score (nSPS) is 10.1. The fourth-order valence-corrected chi connectivity index (χ4v) is 2.29. The van der Waals surface area contributed by atoms with Crippen molar-refractivity contribution in [3.8, 4) is 23.0 Å². The SMILES string of the molecule is CCOc1ccccc1OC(=O)c1cc(Cl)c(OC)c(OC)c1. The van der Waals surface area contributed by atoms with Crippen LogP contribution in [0.1, 0.15) is 17.3 Å². The van der Waals surface area contributed by atoms with Crippen LogP contribution in [0.3, 0.4) is 0 Å². The van der Waals surface area contributed by atoms with Crippen molar-refractivity contribution in [3.63, 3.8) is 0 Å². The Labute approximate surface area is 139 Å². The maximum atomic E-state index is 12.4. The van der Waals surface area contributed by atoms with Crippen molar-refractivity contribution in [2.45, 2.75) is 6.92 Å².